The zero-order valence-corrected chi connectivity index (χ0v) is 15.6. The Labute approximate surface area is 162 Å². The zero-order chi connectivity index (χ0) is 19.5. The highest BCUT2D eigenvalue weighted by molar-refractivity contribution is 6.53. The molecule has 0 saturated heterocycles. The quantitative estimate of drug-likeness (QED) is 0.501. The number of hydrogen-bond acceptors (Lipinski definition) is 6. The number of aromatic nitrogens is 3. The van der Waals surface area contributed by atoms with Gasteiger partial charge in [0, 0.05) is 19.3 Å². The van der Waals surface area contributed by atoms with Crippen molar-refractivity contribution in [1.82, 2.24) is 14.5 Å². The molecule has 0 aliphatic carbocycles. The molecule has 4 rings (SSSR count). The molecule has 3 heterocycles. The number of imidazole rings is 1. The van der Waals surface area contributed by atoms with Crippen LogP contribution in [0.2, 0.25) is 0 Å². The molecule has 0 radical (unpaired) electrons. The van der Waals surface area contributed by atoms with E-state index in [1.807, 2.05) is 30.3 Å². The van der Waals surface area contributed by atoms with Crippen molar-refractivity contribution in [2.24, 2.45) is 5.16 Å². The third-order valence-corrected chi connectivity index (χ3v) is 4.75. The molecule has 144 valence electrons. The van der Waals surface area contributed by atoms with E-state index in [2.05, 4.69) is 14.7 Å². The number of benzene rings is 1. The topological polar surface area (TPSA) is 92.8 Å². The molecule has 1 aliphatic rings. The number of para-hydroxylation sites is 2. The second kappa shape index (κ2) is 7.77. The van der Waals surface area contributed by atoms with E-state index in [-0.39, 0.29) is 24.8 Å². The van der Waals surface area contributed by atoms with Gasteiger partial charge in [-0.25, -0.2) is 9.97 Å². The smallest absolute Gasteiger partial charge is 0.282 e. The summed E-state index contributed by atoms with van der Waals surface area (Å²) >= 11 is 0. The predicted octanol–water partition coefficient (Wildman–Crippen LogP) is 2.10. The average Bonchev–Trinajstić information content (AvgIpc) is 3.19. The van der Waals surface area contributed by atoms with Gasteiger partial charge in [-0.05, 0) is 37.1 Å². The van der Waals surface area contributed by atoms with Crippen molar-refractivity contribution < 1.29 is 14.7 Å². The van der Waals surface area contributed by atoms with Crippen molar-refractivity contribution >= 4 is 28.5 Å². The average molecular weight is 379 g/mol. The number of aliphatic hydroxyl groups excluding tert-OH is 1. The van der Waals surface area contributed by atoms with E-state index in [4.69, 9.17) is 14.9 Å². The first-order valence-electron chi connectivity index (χ1n) is 9.18. The molecule has 28 heavy (non-hydrogen) atoms. The number of aryl methyl sites for hydroxylation is 1. The van der Waals surface area contributed by atoms with Crippen LogP contribution < -0.4 is 4.90 Å². The van der Waals surface area contributed by atoms with Crippen molar-refractivity contribution in [1.29, 1.82) is 0 Å². The third-order valence-electron chi connectivity index (χ3n) is 4.75. The van der Waals surface area contributed by atoms with Gasteiger partial charge in [0.05, 0.1) is 23.1 Å². The van der Waals surface area contributed by atoms with Gasteiger partial charge >= 0.3 is 0 Å². The van der Waals surface area contributed by atoms with E-state index in [1.165, 1.54) is 7.11 Å². The van der Waals surface area contributed by atoms with Gasteiger partial charge in [0.15, 0.2) is 5.71 Å². The van der Waals surface area contributed by atoms with Gasteiger partial charge in [0.25, 0.3) is 5.91 Å². The number of nitrogens with zero attached hydrogens (tertiary/aromatic N) is 5. The maximum Gasteiger partial charge on any atom is 0.282 e. The van der Waals surface area contributed by atoms with Crippen LogP contribution in [0.3, 0.4) is 0 Å². The first-order valence-corrected chi connectivity index (χ1v) is 9.18. The van der Waals surface area contributed by atoms with Gasteiger partial charge < -0.3 is 14.5 Å². The van der Waals surface area contributed by atoms with Crippen LogP contribution in [0.5, 0.6) is 0 Å². The summed E-state index contributed by atoms with van der Waals surface area (Å²) in [6.45, 7) is 1.15. The van der Waals surface area contributed by atoms with Crippen LogP contribution in [0.15, 0.2) is 47.8 Å². The SMILES string of the molecule is CO/N=C1/C(=O)N(Cc2nc3ccccc3n2CCCCO)c2ncccc21. The number of pyridine rings is 1. The molecule has 1 aliphatic heterocycles. The van der Waals surface area contributed by atoms with Crippen LogP contribution in [0.25, 0.3) is 11.0 Å². The molecule has 1 amide bonds. The van der Waals surface area contributed by atoms with Crippen LogP contribution in [0.1, 0.15) is 24.2 Å². The van der Waals surface area contributed by atoms with Crippen molar-refractivity contribution in [3.63, 3.8) is 0 Å². The van der Waals surface area contributed by atoms with E-state index in [1.54, 1.807) is 17.2 Å². The molecule has 0 atom stereocenters. The number of amides is 1. The Hall–Kier alpha value is -3.26. The zero-order valence-electron chi connectivity index (χ0n) is 15.6. The van der Waals surface area contributed by atoms with Crippen LogP contribution in [0.4, 0.5) is 5.82 Å². The first kappa shape index (κ1) is 18.1. The van der Waals surface area contributed by atoms with Crippen molar-refractivity contribution in [2.45, 2.75) is 25.9 Å². The van der Waals surface area contributed by atoms with Crippen molar-refractivity contribution in [3.8, 4) is 0 Å². The lowest BCUT2D eigenvalue weighted by atomic mass is 10.2. The molecular weight excluding hydrogens is 358 g/mol. The molecular formula is C20H21N5O3. The van der Waals surface area contributed by atoms with E-state index in [9.17, 15) is 4.79 Å². The molecule has 0 fully saturated rings. The van der Waals surface area contributed by atoms with E-state index in [0.29, 0.717) is 24.3 Å². The number of fused-ring (bicyclic) bond motifs is 2. The van der Waals surface area contributed by atoms with Gasteiger partial charge in [-0.2, -0.15) is 0 Å². The maximum absolute atomic E-state index is 12.9. The summed E-state index contributed by atoms with van der Waals surface area (Å²) in [6.07, 6.45) is 3.19. The Balaban J connectivity index is 1.73. The molecule has 3 aromatic rings. The maximum atomic E-state index is 12.9. The number of oxime groups is 1. The first-order chi connectivity index (χ1) is 13.7. The van der Waals surface area contributed by atoms with E-state index < -0.39 is 0 Å². The molecule has 2 aromatic heterocycles. The summed E-state index contributed by atoms with van der Waals surface area (Å²) < 4.78 is 2.10. The number of aliphatic hydroxyl groups is 1. The molecule has 8 nitrogen and oxygen atoms in total. The third kappa shape index (κ3) is 3.11. The monoisotopic (exact) mass is 379 g/mol. The number of anilines is 1. The fraction of sp³-hybridized carbons (Fsp3) is 0.300. The molecule has 0 unspecified atom stereocenters. The Morgan fingerprint density at radius 3 is 2.86 bits per heavy atom. The minimum absolute atomic E-state index is 0.153. The number of carbonyl (C=O) groups excluding carboxylic acids is 1. The number of carbonyl (C=O) groups is 1. The lowest BCUT2D eigenvalue weighted by Crippen LogP contribution is -2.31. The van der Waals surface area contributed by atoms with Gasteiger partial charge in [0.2, 0.25) is 0 Å². The van der Waals surface area contributed by atoms with Crippen LogP contribution in [0, 0.1) is 0 Å². The Morgan fingerprint density at radius 2 is 2.04 bits per heavy atom. The number of hydrogen-bond donors (Lipinski definition) is 1. The Kier molecular flexibility index (Phi) is 5.03. The Bertz CT molecular complexity index is 1040. The summed E-state index contributed by atoms with van der Waals surface area (Å²) in [6, 6.07) is 11.5. The minimum Gasteiger partial charge on any atom is -0.398 e. The number of unbranched alkanes of at least 4 members (excludes halogenated alkanes) is 1. The van der Waals surface area contributed by atoms with Gasteiger partial charge in [-0.1, -0.05) is 17.3 Å². The summed E-state index contributed by atoms with van der Waals surface area (Å²) in [4.78, 5) is 28.5. The lowest BCUT2D eigenvalue weighted by molar-refractivity contribution is -0.112. The molecule has 8 heteroatoms. The summed E-state index contributed by atoms with van der Waals surface area (Å²) in [7, 11) is 1.42. The predicted molar refractivity (Wildman–Crippen MR) is 105 cm³/mol. The van der Waals surface area contributed by atoms with Crippen LogP contribution >= 0.6 is 0 Å². The second-order valence-electron chi connectivity index (χ2n) is 6.49. The van der Waals surface area contributed by atoms with Gasteiger partial charge in [-0.3, -0.25) is 9.69 Å². The highest BCUT2D eigenvalue weighted by atomic mass is 16.6. The normalized spacial score (nSPS) is 14.9. The van der Waals surface area contributed by atoms with Crippen molar-refractivity contribution in [3.05, 3.63) is 54.0 Å². The highest BCUT2D eigenvalue weighted by Gasteiger charge is 2.36. The Morgan fingerprint density at radius 1 is 1.18 bits per heavy atom. The molecule has 0 saturated carbocycles. The molecule has 1 N–H and O–H groups in total. The van der Waals surface area contributed by atoms with Crippen LogP contribution in [-0.2, 0) is 22.7 Å². The summed E-state index contributed by atoms with van der Waals surface area (Å²) in [5.74, 6) is 1.06. The van der Waals surface area contributed by atoms with Crippen LogP contribution in [-0.4, -0.2) is 45.0 Å². The number of rotatable bonds is 7. The van der Waals surface area contributed by atoms with Gasteiger partial charge in [0.1, 0.15) is 18.8 Å². The molecule has 1 aromatic carbocycles. The molecule has 0 spiro atoms. The van der Waals surface area contributed by atoms with E-state index in [0.717, 1.165) is 23.3 Å². The fourth-order valence-electron chi connectivity index (χ4n) is 3.48. The standard InChI is InChI=1S/C20H21N5O3/c1-28-23-18-14-7-6-10-21-19(14)25(20(18)27)13-17-22-15-8-2-3-9-16(15)24(17)11-4-5-12-26/h2-3,6-10,26H,4-5,11-13H2,1H3/b23-18+. The highest BCUT2D eigenvalue weighted by Crippen LogP contribution is 2.29. The van der Waals surface area contributed by atoms with E-state index >= 15 is 0 Å². The van der Waals surface area contributed by atoms with Crippen molar-refractivity contribution in [2.75, 3.05) is 18.6 Å². The summed E-state index contributed by atoms with van der Waals surface area (Å²) in [5, 5.41) is 13.0. The molecule has 0 bridgehead atoms. The largest absolute Gasteiger partial charge is 0.398 e. The fourth-order valence-corrected chi connectivity index (χ4v) is 3.48. The second-order valence-corrected chi connectivity index (χ2v) is 6.49. The van der Waals surface area contributed by atoms with Gasteiger partial charge in [-0.15, -0.1) is 0 Å². The lowest BCUT2D eigenvalue weighted by Gasteiger charge is -2.16. The minimum atomic E-state index is -0.260. The summed E-state index contributed by atoms with van der Waals surface area (Å²) in [5.41, 5.74) is 2.78.